The van der Waals surface area contributed by atoms with Crippen molar-refractivity contribution in [3.05, 3.63) is 82.6 Å². The second-order valence-electron chi connectivity index (χ2n) is 6.60. The molecule has 0 atom stereocenters. The van der Waals surface area contributed by atoms with Crippen LogP contribution in [0.5, 0.6) is 0 Å². The van der Waals surface area contributed by atoms with Crippen molar-refractivity contribution < 1.29 is 9.59 Å². The average molecular weight is 420 g/mol. The molecule has 1 heterocycles. The molecule has 0 aliphatic carbocycles. The van der Waals surface area contributed by atoms with Crippen LogP contribution in [0.1, 0.15) is 15.9 Å². The Morgan fingerprint density at radius 1 is 1.13 bits per heavy atom. The van der Waals surface area contributed by atoms with Gasteiger partial charge in [0.2, 0.25) is 0 Å². The Balaban J connectivity index is 1.73. The smallest absolute Gasteiger partial charge is 0.266 e. The van der Waals surface area contributed by atoms with Crippen LogP contribution < -0.4 is 5.32 Å². The van der Waals surface area contributed by atoms with Crippen LogP contribution in [0.25, 0.3) is 11.8 Å². The van der Waals surface area contributed by atoms with Gasteiger partial charge in [-0.25, -0.2) is 4.68 Å². The first-order valence-corrected chi connectivity index (χ1v) is 9.30. The van der Waals surface area contributed by atoms with E-state index in [0.29, 0.717) is 21.8 Å². The molecule has 3 rings (SSSR count). The molecular formula is C22H18ClN5O2. The molecule has 2 aromatic carbocycles. The lowest BCUT2D eigenvalue weighted by atomic mass is 10.1. The standard InChI is InChI=1S/C22H18ClN5O2/c1-27(2)22(30)16-3-7-19(8-4-16)26-21(29)17(12-24)11-15-13-25-28(14-15)20-9-5-18(23)6-10-20/h3-11,13-14H,1-2H3,(H,26,29). The van der Waals surface area contributed by atoms with Crippen LogP contribution in [0.4, 0.5) is 5.69 Å². The van der Waals surface area contributed by atoms with Crippen LogP contribution >= 0.6 is 11.6 Å². The zero-order valence-corrected chi connectivity index (χ0v) is 17.1. The Morgan fingerprint density at radius 3 is 2.40 bits per heavy atom. The van der Waals surface area contributed by atoms with Gasteiger partial charge in [0.1, 0.15) is 11.6 Å². The van der Waals surface area contributed by atoms with Gasteiger partial charge in [0.05, 0.1) is 11.9 Å². The van der Waals surface area contributed by atoms with Crippen molar-refractivity contribution in [1.82, 2.24) is 14.7 Å². The molecule has 0 bridgehead atoms. The lowest BCUT2D eigenvalue weighted by molar-refractivity contribution is -0.112. The number of nitriles is 1. The molecule has 8 heteroatoms. The summed E-state index contributed by atoms with van der Waals surface area (Å²) in [5.41, 5.74) is 2.31. The largest absolute Gasteiger partial charge is 0.345 e. The van der Waals surface area contributed by atoms with Crippen LogP contribution in [0.2, 0.25) is 5.02 Å². The number of carbonyl (C=O) groups is 2. The highest BCUT2D eigenvalue weighted by Gasteiger charge is 2.12. The molecule has 0 radical (unpaired) electrons. The van der Waals surface area contributed by atoms with E-state index in [0.717, 1.165) is 5.69 Å². The van der Waals surface area contributed by atoms with Gasteiger partial charge in [-0.1, -0.05) is 11.6 Å². The molecule has 150 valence electrons. The molecule has 0 fully saturated rings. The number of aromatic nitrogens is 2. The molecular weight excluding hydrogens is 402 g/mol. The van der Waals surface area contributed by atoms with Gasteiger partial charge in [-0.3, -0.25) is 9.59 Å². The molecule has 0 saturated carbocycles. The average Bonchev–Trinajstić information content (AvgIpc) is 3.21. The minimum Gasteiger partial charge on any atom is -0.345 e. The van der Waals surface area contributed by atoms with E-state index in [1.807, 2.05) is 18.2 Å². The van der Waals surface area contributed by atoms with E-state index in [1.54, 1.807) is 67.6 Å². The number of benzene rings is 2. The quantitative estimate of drug-likeness (QED) is 0.503. The number of nitrogens with one attached hydrogen (secondary N) is 1. The number of hydrogen-bond acceptors (Lipinski definition) is 4. The van der Waals surface area contributed by atoms with Crippen molar-refractivity contribution in [2.75, 3.05) is 19.4 Å². The van der Waals surface area contributed by atoms with Gasteiger partial charge >= 0.3 is 0 Å². The van der Waals surface area contributed by atoms with Crippen LogP contribution in [0, 0.1) is 11.3 Å². The number of rotatable bonds is 5. The van der Waals surface area contributed by atoms with Crippen LogP contribution in [-0.2, 0) is 4.79 Å². The molecule has 0 aliphatic heterocycles. The maximum Gasteiger partial charge on any atom is 0.266 e. The Labute approximate surface area is 178 Å². The summed E-state index contributed by atoms with van der Waals surface area (Å²) in [6.07, 6.45) is 4.72. The highest BCUT2D eigenvalue weighted by molar-refractivity contribution is 6.30. The van der Waals surface area contributed by atoms with E-state index in [9.17, 15) is 14.9 Å². The maximum atomic E-state index is 12.5. The second-order valence-corrected chi connectivity index (χ2v) is 7.03. The zero-order chi connectivity index (χ0) is 21.7. The van der Waals surface area contributed by atoms with Gasteiger partial charge in [-0.05, 0) is 54.6 Å². The monoisotopic (exact) mass is 419 g/mol. The van der Waals surface area contributed by atoms with Crippen molar-refractivity contribution >= 4 is 35.2 Å². The summed E-state index contributed by atoms with van der Waals surface area (Å²) < 4.78 is 1.62. The number of halogens is 1. The summed E-state index contributed by atoms with van der Waals surface area (Å²) >= 11 is 5.89. The van der Waals surface area contributed by atoms with E-state index < -0.39 is 5.91 Å². The second kappa shape index (κ2) is 9.07. The fourth-order valence-corrected chi connectivity index (χ4v) is 2.74. The van der Waals surface area contributed by atoms with Gasteiger partial charge in [0.25, 0.3) is 11.8 Å². The molecule has 0 saturated heterocycles. The zero-order valence-electron chi connectivity index (χ0n) is 16.3. The van der Waals surface area contributed by atoms with Gasteiger partial charge in [-0.15, -0.1) is 0 Å². The van der Waals surface area contributed by atoms with E-state index in [4.69, 9.17) is 11.6 Å². The Bertz CT molecular complexity index is 1140. The number of carbonyl (C=O) groups excluding carboxylic acids is 2. The Kier molecular flexibility index (Phi) is 6.30. The summed E-state index contributed by atoms with van der Waals surface area (Å²) in [4.78, 5) is 25.9. The molecule has 3 aromatic rings. The molecule has 0 unspecified atom stereocenters. The molecule has 0 spiro atoms. The summed E-state index contributed by atoms with van der Waals surface area (Å²) in [5.74, 6) is -0.688. The SMILES string of the molecule is CN(C)C(=O)c1ccc(NC(=O)C(C#N)=Cc2cnn(-c3ccc(Cl)cc3)c2)cc1. The first-order chi connectivity index (χ1) is 14.4. The number of amides is 2. The summed E-state index contributed by atoms with van der Waals surface area (Å²) in [5, 5.41) is 16.9. The van der Waals surface area contributed by atoms with Crippen molar-refractivity contribution in [3.8, 4) is 11.8 Å². The third-order valence-electron chi connectivity index (χ3n) is 4.17. The minimum absolute atomic E-state index is 0.0703. The van der Waals surface area contributed by atoms with E-state index in [1.165, 1.54) is 11.0 Å². The summed E-state index contributed by atoms with van der Waals surface area (Å²) in [6.45, 7) is 0. The van der Waals surface area contributed by atoms with Crippen molar-refractivity contribution in [2.45, 2.75) is 0 Å². The molecule has 2 amide bonds. The predicted octanol–water partition coefficient (Wildman–Crippen LogP) is 3.77. The third kappa shape index (κ3) is 4.93. The third-order valence-corrected chi connectivity index (χ3v) is 4.42. The van der Waals surface area contributed by atoms with Crippen molar-refractivity contribution in [2.24, 2.45) is 0 Å². The normalized spacial score (nSPS) is 10.9. The van der Waals surface area contributed by atoms with Crippen molar-refractivity contribution in [1.29, 1.82) is 5.26 Å². The van der Waals surface area contributed by atoms with Gasteiger partial charge in [-0.2, -0.15) is 10.4 Å². The number of anilines is 1. The van der Waals surface area contributed by atoms with E-state index in [-0.39, 0.29) is 11.5 Å². The van der Waals surface area contributed by atoms with Crippen LogP contribution in [0.15, 0.2) is 66.5 Å². The first kappa shape index (κ1) is 20.8. The molecule has 1 aromatic heterocycles. The lowest BCUT2D eigenvalue weighted by Gasteiger charge is -2.10. The van der Waals surface area contributed by atoms with Gasteiger partial charge in [0.15, 0.2) is 0 Å². The fraction of sp³-hybridized carbons (Fsp3) is 0.0909. The molecule has 7 nitrogen and oxygen atoms in total. The van der Waals surface area contributed by atoms with Gasteiger partial charge in [0, 0.05) is 42.1 Å². The highest BCUT2D eigenvalue weighted by atomic mass is 35.5. The number of hydrogen-bond donors (Lipinski definition) is 1. The topological polar surface area (TPSA) is 91.0 Å². The molecule has 0 aliphatic rings. The summed E-state index contributed by atoms with van der Waals surface area (Å²) in [7, 11) is 3.33. The Morgan fingerprint density at radius 2 is 1.80 bits per heavy atom. The number of nitrogens with zero attached hydrogens (tertiary/aromatic N) is 4. The van der Waals surface area contributed by atoms with Crippen molar-refractivity contribution in [3.63, 3.8) is 0 Å². The first-order valence-electron chi connectivity index (χ1n) is 8.93. The van der Waals surface area contributed by atoms with Crippen LogP contribution in [-0.4, -0.2) is 40.6 Å². The molecule has 1 N–H and O–H groups in total. The Hall–Kier alpha value is -3.89. The highest BCUT2D eigenvalue weighted by Crippen LogP contribution is 2.16. The maximum absolute atomic E-state index is 12.5. The summed E-state index contributed by atoms with van der Waals surface area (Å²) in [6, 6.07) is 15.5. The van der Waals surface area contributed by atoms with E-state index in [2.05, 4.69) is 10.4 Å². The fourth-order valence-electron chi connectivity index (χ4n) is 2.61. The van der Waals surface area contributed by atoms with Crippen LogP contribution in [0.3, 0.4) is 0 Å². The van der Waals surface area contributed by atoms with Gasteiger partial charge < -0.3 is 10.2 Å². The lowest BCUT2D eigenvalue weighted by Crippen LogP contribution is -2.21. The predicted molar refractivity (Wildman–Crippen MR) is 115 cm³/mol. The van der Waals surface area contributed by atoms with E-state index >= 15 is 0 Å². The molecule has 30 heavy (non-hydrogen) atoms. The minimum atomic E-state index is -0.552.